The molecule has 1 aliphatic heterocycles. The molecular weight excluding hydrogens is 322 g/mol. The number of fused-ring (bicyclic) bond motifs is 1. The highest BCUT2D eigenvalue weighted by atomic mass is 35.5. The number of rotatable bonds is 4. The number of benzene rings is 2. The molecule has 0 atom stereocenters. The van der Waals surface area contributed by atoms with Crippen LogP contribution in [0.1, 0.15) is 18.4 Å². The third-order valence-corrected chi connectivity index (χ3v) is 4.79. The van der Waals surface area contributed by atoms with Crippen molar-refractivity contribution in [2.75, 3.05) is 23.3 Å². The lowest BCUT2D eigenvalue weighted by molar-refractivity contribution is 0.949. The van der Waals surface area contributed by atoms with Gasteiger partial charge in [-0.3, -0.25) is 0 Å². The first-order chi connectivity index (χ1) is 11.7. The summed E-state index contributed by atoms with van der Waals surface area (Å²) in [7, 11) is 0. The number of hydrogen-bond acceptors (Lipinski definition) is 4. The van der Waals surface area contributed by atoms with Gasteiger partial charge in [-0.25, -0.2) is 4.98 Å². The van der Waals surface area contributed by atoms with Gasteiger partial charge in [0.25, 0.3) is 0 Å². The minimum atomic E-state index is 0.477. The third kappa shape index (κ3) is 2.92. The van der Waals surface area contributed by atoms with Gasteiger partial charge in [-0.1, -0.05) is 17.7 Å². The molecule has 124 valence electrons. The average Bonchev–Trinajstić information content (AvgIpc) is 3.25. The average molecular weight is 342 g/mol. The molecule has 24 heavy (non-hydrogen) atoms. The van der Waals surface area contributed by atoms with E-state index in [4.69, 9.17) is 17.3 Å². The van der Waals surface area contributed by atoms with E-state index in [1.165, 1.54) is 18.5 Å². The lowest BCUT2D eigenvalue weighted by Gasteiger charge is -2.16. The van der Waals surface area contributed by atoms with Gasteiger partial charge in [0.2, 0.25) is 5.95 Å². The Kier molecular flexibility index (Phi) is 4.04. The molecule has 3 aromatic rings. The minimum absolute atomic E-state index is 0.477. The van der Waals surface area contributed by atoms with Crippen LogP contribution in [0, 0.1) is 0 Å². The van der Waals surface area contributed by atoms with Crippen LogP contribution in [0.2, 0.25) is 5.02 Å². The molecule has 1 aromatic heterocycles. The molecule has 0 radical (unpaired) electrons. The summed E-state index contributed by atoms with van der Waals surface area (Å²) >= 11 is 6.26. The van der Waals surface area contributed by atoms with Crippen molar-refractivity contribution in [2.45, 2.75) is 19.4 Å². The van der Waals surface area contributed by atoms with E-state index >= 15 is 0 Å². The summed E-state index contributed by atoms with van der Waals surface area (Å²) in [5.74, 6) is 0.680. The van der Waals surface area contributed by atoms with Crippen molar-refractivity contribution in [3.05, 3.63) is 47.0 Å². The maximum Gasteiger partial charge on any atom is 0.205 e. The number of aromatic amines is 1. The van der Waals surface area contributed by atoms with E-state index in [1.807, 2.05) is 18.2 Å². The van der Waals surface area contributed by atoms with Gasteiger partial charge in [0, 0.05) is 25.3 Å². The molecule has 4 rings (SSSR count). The van der Waals surface area contributed by atoms with Crippen LogP contribution in [0.15, 0.2) is 36.4 Å². The standard InChI is InChI=1S/C18H20ClN5/c19-14-5-3-12(11-20)9-16(14)22-18-21-15-6-4-13(10-17(15)23-18)24-7-1-2-8-24/h3-6,9-10H,1-2,7-8,11,20H2,(H2,21,22,23). The zero-order valence-electron chi connectivity index (χ0n) is 13.3. The highest BCUT2D eigenvalue weighted by Gasteiger charge is 2.14. The summed E-state index contributed by atoms with van der Waals surface area (Å²) < 4.78 is 0. The van der Waals surface area contributed by atoms with Crippen molar-refractivity contribution in [3.63, 3.8) is 0 Å². The van der Waals surface area contributed by atoms with Gasteiger partial charge in [-0.05, 0) is 48.7 Å². The Morgan fingerprint density at radius 3 is 2.79 bits per heavy atom. The van der Waals surface area contributed by atoms with Crippen molar-refractivity contribution in [1.82, 2.24) is 9.97 Å². The molecule has 6 heteroatoms. The summed E-state index contributed by atoms with van der Waals surface area (Å²) in [6, 6.07) is 12.1. The second-order valence-corrected chi connectivity index (χ2v) is 6.53. The molecule has 1 fully saturated rings. The van der Waals surface area contributed by atoms with Crippen LogP contribution in [0.4, 0.5) is 17.3 Å². The van der Waals surface area contributed by atoms with Gasteiger partial charge < -0.3 is 20.9 Å². The molecule has 0 bridgehead atoms. The Hall–Kier alpha value is -2.24. The number of imidazole rings is 1. The predicted octanol–water partition coefficient (Wildman–Crippen LogP) is 4.02. The number of aromatic nitrogens is 2. The molecule has 0 spiro atoms. The molecule has 0 unspecified atom stereocenters. The van der Waals surface area contributed by atoms with Crippen LogP contribution in [-0.4, -0.2) is 23.1 Å². The number of hydrogen-bond donors (Lipinski definition) is 3. The summed E-state index contributed by atoms with van der Waals surface area (Å²) in [6.07, 6.45) is 2.53. The number of nitrogens with two attached hydrogens (primary N) is 1. The molecule has 2 aromatic carbocycles. The molecular formula is C18H20ClN5. The first kappa shape index (κ1) is 15.3. The maximum atomic E-state index is 6.26. The Labute approximate surface area is 145 Å². The molecule has 5 nitrogen and oxygen atoms in total. The third-order valence-electron chi connectivity index (χ3n) is 4.46. The second kappa shape index (κ2) is 6.34. The Bertz CT molecular complexity index is 867. The van der Waals surface area contributed by atoms with Crippen molar-refractivity contribution in [1.29, 1.82) is 0 Å². The normalized spacial score (nSPS) is 14.5. The predicted molar refractivity (Wildman–Crippen MR) is 100 cm³/mol. The van der Waals surface area contributed by atoms with Crippen LogP contribution < -0.4 is 16.0 Å². The van der Waals surface area contributed by atoms with Crippen molar-refractivity contribution in [3.8, 4) is 0 Å². The topological polar surface area (TPSA) is 70.0 Å². The maximum absolute atomic E-state index is 6.26. The van der Waals surface area contributed by atoms with Gasteiger partial charge in [-0.2, -0.15) is 0 Å². The molecule has 1 aliphatic rings. The Morgan fingerprint density at radius 2 is 2.00 bits per heavy atom. The van der Waals surface area contributed by atoms with Crippen molar-refractivity contribution >= 4 is 40.0 Å². The van der Waals surface area contributed by atoms with Gasteiger partial charge in [-0.15, -0.1) is 0 Å². The highest BCUT2D eigenvalue weighted by Crippen LogP contribution is 2.28. The van der Waals surface area contributed by atoms with E-state index in [-0.39, 0.29) is 0 Å². The zero-order chi connectivity index (χ0) is 16.5. The lowest BCUT2D eigenvalue weighted by Crippen LogP contribution is -2.17. The summed E-state index contributed by atoms with van der Waals surface area (Å²) in [6.45, 7) is 2.73. The van der Waals surface area contributed by atoms with Gasteiger partial charge in [0.15, 0.2) is 0 Å². The molecule has 0 amide bonds. The molecule has 0 aliphatic carbocycles. The lowest BCUT2D eigenvalue weighted by atomic mass is 10.2. The van der Waals surface area contributed by atoms with Crippen LogP contribution in [-0.2, 0) is 6.54 Å². The van der Waals surface area contributed by atoms with Gasteiger partial charge in [0.1, 0.15) is 0 Å². The van der Waals surface area contributed by atoms with E-state index < -0.39 is 0 Å². The molecule has 0 saturated carbocycles. The number of halogens is 1. The fraction of sp³-hybridized carbons (Fsp3) is 0.278. The monoisotopic (exact) mass is 341 g/mol. The van der Waals surface area contributed by atoms with E-state index in [9.17, 15) is 0 Å². The van der Waals surface area contributed by atoms with E-state index in [0.717, 1.165) is 35.4 Å². The summed E-state index contributed by atoms with van der Waals surface area (Å²) in [5, 5.41) is 3.90. The largest absolute Gasteiger partial charge is 0.371 e. The first-order valence-corrected chi connectivity index (χ1v) is 8.61. The second-order valence-electron chi connectivity index (χ2n) is 6.12. The van der Waals surface area contributed by atoms with E-state index in [1.54, 1.807) is 0 Å². The smallest absolute Gasteiger partial charge is 0.205 e. The zero-order valence-corrected chi connectivity index (χ0v) is 14.1. The Balaban J connectivity index is 1.63. The van der Waals surface area contributed by atoms with E-state index in [0.29, 0.717) is 17.5 Å². The number of nitrogens with one attached hydrogen (secondary N) is 2. The first-order valence-electron chi connectivity index (χ1n) is 8.23. The fourth-order valence-corrected chi connectivity index (χ4v) is 3.31. The van der Waals surface area contributed by atoms with Gasteiger partial charge >= 0.3 is 0 Å². The Morgan fingerprint density at radius 1 is 1.17 bits per heavy atom. The van der Waals surface area contributed by atoms with Gasteiger partial charge in [0.05, 0.1) is 21.7 Å². The molecule has 4 N–H and O–H groups in total. The SMILES string of the molecule is NCc1ccc(Cl)c(Nc2nc3cc(N4CCCC4)ccc3[nH]2)c1. The van der Waals surface area contributed by atoms with Crippen LogP contribution in [0.25, 0.3) is 11.0 Å². The van der Waals surface area contributed by atoms with Crippen LogP contribution in [0.5, 0.6) is 0 Å². The number of anilines is 3. The summed E-state index contributed by atoms with van der Waals surface area (Å²) in [4.78, 5) is 10.4. The van der Waals surface area contributed by atoms with Crippen LogP contribution in [0.3, 0.4) is 0 Å². The highest BCUT2D eigenvalue weighted by molar-refractivity contribution is 6.33. The summed E-state index contributed by atoms with van der Waals surface area (Å²) in [5.41, 5.74) is 10.7. The van der Waals surface area contributed by atoms with Crippen LogP contribution >= 0.6 is 11.6 Å². The van der Waals surface area contributed by atoms with Crippen molar-refractivity contribution in [2.24, 2.45) is 5.73 Å². The number of nitrogens with zero attached hydrogens (tertiary/aromatic N) is 2. The fourth-order valence-electron chi connectivity index (χ4n) is 3.15. The molecule has 2 heterocycles. The number of H-pyrrole nitrogens is 1. The molecule has 1 saturated heterocycles. The van der Waals surface area contributed by atoms with Crippen molar-refractivity contribution < 1.29 is 0 Å². The minimum Gasteiger partial charge on any atom is -0.371 e. The van der Waals surface area contributed by atoms with E-state index in [2.05, 4.69) is 38.4 Å². The quantitative estimate of drug-likeness (QED) is 0.670.